The fraction of sp³-hybridized carbons (Fsp3) is 0.267. The van der Waals surface area contributed by atoms with Gasteiger partial charge in [0.05, 0.1) is 5.02 Å². The predicted molar refractivity (Wildman–Crippen MR) is 88.6 cm³/mol. The minimum Gasteiger partial charge on any atom is -0.444 e. The molecule has 0 spiro atoms. The Bertz CT molecular complexity index is 788. The third kappa shape index (κ3) is 4.38. The number of ether oxygens (including phenoxy) is 1. The molecular formula is C15H14Cl2N4O2. The minimum atomic E-state index is -0.700. The first-order chi connectivity index (χ1) is 10.7. The van der Waals surface area contributed by atoms with Crippen LogP contribution in [-0.4, -0.2) is 21.7 Å². The Labute approximate surface area is 143 Å². The van der Waals surface area contributed by atoms with Crippen molar-refractivity contribution < 1.29 is 9.53 Å². The van der Waals surface area contributed by atoms with Crippen molar-refractivity contribution in [3.05, 3.63) is 33.9 Å². The van der Waals surface area contributed by atoms with Crippen LogP contribution in [0.1, 0.15) is 26.5 Å². The zero-order valence-corrected chi connectivity index (χ0v) is 14.2. The smallest absolute Gasteiger partial charge is 0.413 e. The number of carbonyl (C=O) groups excluding carboxylic acids is 1. The zero-order valence-electron chi connectivity index (χ0n) is 12.7. The summed E-state index contributed by atoms with van der Waals surface area (Å²) in [5, 5.41) is 12.5. The second-order valence-electron chi connectivity index (χ2n) is 5.67. The fourth-order valence-electron chi connectivity index (χ4n) is 1.75. The average molecular weight is 353 g/mol. The predicted octanol–water partition coefficient (Wildman–Crippen LogP) is 4.60. The molecule has 1 amide bonds. The van der Waals surface area contributed by atoms with Gasteiger partial charge in [-0.2, -0.15) is 5.26 Å². The van der Waals surface area contributed by atoms with Crippen molar-refractivity contribution in [1.29, 1.82) is 5.26 Å². The first-order valence-electron chi connectivity index (χ1n) is 6.65. The maximum absolute atomic E-state index is 11.8. The molecule has 2 aromatic rings. The third-order valence-electron chi connectivity index (χ3n) is 2.62. The van der Waals surface area contributed by atoms with E-state index >= 15 is 0 Å². The molecule has 0 saturated heterocycles. The maximum atomic E-state index is 11.8. The number of carbonyl (C=O) groups is 1. The van der Waals surface area contributed by atoms with Gasteiger partial charge in [-0.25, -0.2) is 9.78 Å². The normalized spacial score (nSPS) is 11.0. The molecule has 0 saturated carbocycles. The van der Waals surface area contributed by atoms with Crippen LogP contribution in [0.25, 0.3) is 11.4 Å². The van der Waals surface area contributed by atoms with Gasteiger partial charge in [0, 0.05) is 10.6 Å². The molecule has 0 bridgehead atoms. The first kappa shape index (κ1) is 17.1. The number of aromatic amines is 1. The molecule has 1 aromatic carbocycles. The van der Waals surface area contributed by atoms with Crippen molar-refractivity contribution in [3.8, 4) is 17.5 Å². The number of benzene rings is 1. The lowest BCUT2D eigenvalue weighted by Crippen LogP contribution is -2.27. The van der Waals surface area contributed by atoms with E-state index in [0.29, 0.717) is 21.4 Å². The molecule has 23 heavy (non-hydrogen) atoms. The average Bonchev–Trinajstić information content (AvgIpc) is 2.79. The van der Waals surface area contributed by atoms with Gasteiger partial charge in [0.2, 0.25) is 0 Å². The number of nitrogens with zero attached hydrogens (tertiary/aromatic N) is 2. The molecule has 0 aliphatic rings. The number of aromatic nitrogens is 2. The molecule has 0 atom stereocenters. The summed E-state index contributed by atoms with van der Waals surface area (Å²) >= 11 is 12.0. The summed E-state index contributed by atoms with van der Waals surface area (Å²) in [6.45, 7) is 5.21. The monoisotopic (exact) mass is 352 g/mol. The molecule has 6 nitrogen and oxygen atoms in total. The number of H-pyrrole nitrogens is 1. The second-order valence-corrected chi connectivity index (χ2v) is 6.52. The lowest BCUT2D eigenvalue weighted by atomic mass is 10.2. The Balaban J connectivity index is 2.31. The first-order valence-corrected chi connectivity index (χ1v) is 7.41. The Kier molecular flexibility index (Phi) is 4.83. The van der Waals surface area contributed by atoms with Crippen molar-refractivity contribution in [3.63, 3.8) is 0 Å². The highest BCUT2D eigenvalue weighted by Crippen LogP contribution is 2.30. The second kappa shape index (κ2) is 6.49. The van der Waals surface area contributed by atoms with Gasteiger partial charge in [0.1, 0.15) is 17.5 Å². The number of hydrogen-bond acceptors (Lipinski definition) is 4. The van der Waals surface area contributed by atoms with E-state index in [1.807, 2.05) is 6.07 Å². The summed E-state index contributed by atoms with van der Waals surface area (Å²) in [6.07, 6.45) is -0.700. The fourth-order valence-corrected chi connectivity index (χ4v) is 2.25. The van der Waals surface area contributed by atoms with Crippen LogP contribution in [0.3, 0.4) is 0 Å². The summed E-state index contributed by atoms with van der Waals surface area (Å²) < 4.78 is 5.14. The van der Waals surface area contributed by atoms with E-state index in [4.69, 9.17) is 27.9 Å². The molecule has 2 N–H and O–H groups in total. The van der Waals surface area contributed by atoms with Gasteiger partial charge in [-0.05, 0) is 39.0 Å². The van der Waals surface area contributed by atoms with Crippen LogP contribution in [0, 0.1) is 11.3 Å². The van der Waals surface area contributed by atoms with Gasteiger partial charge in [-0.3, -0.25) is 5.32 Å². The molecule has 2 rings (SSSR count). The zero-order chi connectivity index (χ0) is 17.2. The number of imidazole rings is 1. The van der Waals surface area contributed by atoms with E-state index in [9.17, 15) is 10.1 Å². The highest BCUT2D eigenvalue weighted by Gasteiger charge is 2.20. The number of nitriles is 1. The van der Waals surface area contributed by atoms with Gasteiger partial charge >= 0.3 is 6.09 Å². The van der Waals surface area contributed by atoms with Crippen LogP contribution in [0.2, 0.25) is 10.0 Å². The Morgan fingerprint density at radius 3 is 2.65 bits per heavy atom. The topological polar surface area (TPSA) is 90.8 Å². The molecule has 0 radical (unpaired) electrons. The van der Waals surface area contributed by atoms with Crippen LogP contribution >= 0.6 is 23.2 Å². The molecule has 0 fully saturated rings. The van der Waals surface area contributed by atoms with Crippen molar-refractivity contribution in [2.24, 2.45) is 0 Å². The Morgan fingerprint density at radius 1 is 1.39 bits per heavy atom. The summed E-state index contributed by atoms with van der Waals surface area (Å²) in [7, 11) is 0. The molecule has 0 aliphatic carbocycles. The summed E-state index contributed by atoms with van der Waals surface area (Å²) in [4.78, 5) is 18.8. The molecule has 1 heterocycles. The van der Waals surface area contributed by atoms with Gasteiger partial charge in [0.25, 0.3) is 0 Å². The van der Waals surface area contributed by atoms with E-state index < -0.39 is 11.7 Å². The summed E-state index contributed by atoms with van der Waals surface area (Å²) in [5.74, 6) is 0.414. The molecule has 120 valence electrons. The standard InChI is InChI=1S/C15H14Cl2N4O2/c1-15(2,3)23-14(22)21-13-11(7-18)19-12(20-13)9-5-4-8(16)6-10(9)17/h4-6H,1-3H3,(H,19,20)(H,21,22). The molecule has 1 aromatic heterocycles. The maximum Gasteiger partial charge on any atom is 0.413 e. The lowest BCUT2D eigenvalue weighted by Gasteiger charge is -2.19. The number of amides is 1. The summed E-state index contributed by atoms with van der Waals surface area (Å²) in [5.41, 5.74) is -0.00289. The van der Waals surface area contributed by atoms with Gasteiger partial charge in [0.15, 0.2) is 11.5 Å². The number of anilines is 1. The third-order valence-corrected chi connectivity index (χ3v) is 3.17. The van der Waals surface area contributed by atoms with Crippen molar-refractivity contribution in [2.45, 2.75) is 26.4 Å². The van der Waals surface area contributed by atoms with Crippen LogP contribution in [0.5, 0.6) is 0 Å². The van der Waals surface area contributed by atoms with Crippen LogP contribution in [0.15, 0.2) is 18.2 Å². The molecule has 0 aliphatic heterocycles. The van der Waals surface area contributed by atoms with Crippen LogP contribution in [0.4, 0.5) is 10.6 Å². The van der Waals surface area contributed by atoms with E-state index in [1.54, 1.807) is 39.0 Å². The van der Waals surface area contributed by atoms with Crippen LogP contribution in [-0.2, 0) is 4.74 Å². The summed E-state index contributed by atoms with van der Waals surface area (Å²) in [6, 6.07) is 6.81. The van der Waals surface area contributed by atoms with Crippen LogP contribution < -0.4 is 5.32 Å². The molecule has 0 unspecified atom stereocenters. The lowest BCUT2D eigenvalue weighted by molar-refractivity contribution is 0.0635. The number of rotatable bonds is 2. The largest absolute Gasteiger partial charge is 0.444 e. The number of halogens is 2. The van der Waals surface area contributed by atoms with Crippen molar-refractivity contribution in [2.75, 3.05) is 5.32 Å². The van der Waals surface area contributed by atoms with E-state index in [1.165, 1.54) is 0 Å². The van der Waals surface area contributed by atoms with E-state index in [2.05, 4.69) is 15.3 Å². The van der Waals surface area contributed by atoms with Crippen molar-refractivity contribution >= 4 is 35.1 Å². The molecular weight excluding hydrogens is 339 g/mol. The van der Waals surface area contributed by atoms with E-state index in [0.717, 1.165) is 0 Å². The van der Waals surface area contributed by atoms with Gasteiger partial charge in [-0.1, -0.05) is 23.2 Å². The Morgan fingerprint density at radius 2 is 2.09 bits per heavy atom. The number of nitrogens with one attached hydrogen (secondary N) is 2. The molecule has 8 heteroatoms. The minimum absolute atomic E-state index is 0.0720. The number of hydrogen-bond donors (Lipinski definition) is 2. The highest BCUT2D eigenvalue weighted by atomic mass is 35.5. The quantitative estimate of drug-likeness (QED) is 0.825. The van der Waals surface area contributed by atoms with Gasteiger partial charge < -0.3 is 9.72 Å². The highest BCUT2D eigenvalue weighted by molar-refractivity contribution is 6.36. The SMILES string of the molecule is CC(C)(C)OC(=O)Nc1nc(-c2ccc(Cl)cc2Cl)[nH]c1C#N. The van der Waals surface area contributed by atoms with E-state index in [-0.39, 0.29) is 11.5 Å². The van der Waals surface area contributed by atoms with Crippen molar-refractivity contribution in [1.82, 2.24) is 9.97 Å². The Hall–Kier alpha value is -2.23. The van der Waals surface area contributed by atoms with Gasteiger partial charge in [-0.15, -0.1) is 0 Å².